The molecule has 1 amide bonds. The van der Waals surface area contributed by atoms with Gasteiger partial charge in [-0.15, -0.1) is 0 Å². The SMILES string of the molecule is CO[C@H]1C([C@@]2(C)O[C@@H]2CC=C(C)C)[C@]2(CC[C@H]1OC(=O)N1CC3(C1)CS(=O)(=O)C3)CO2. The molecule has 1 unspecified atom stereocenters. The fraction of sp³-hybridized carbons (Fsp3) is 0.864. The standard InChI is InChI=1S/C22H33NO7S/c1-14(2)5-6-16-20(3,30-16)18-17(27-4)15(7-8-22(18)11-28-22)29-19(24)23-9-21(10-23)12-31(25,26)13-21/h5,15-18H,6-13H2,1-4H3/t15-,16-,17-,18?,20+,22+/m1/s1. The van der Waals surface area contributed by atoms with Crippen LogP contribution in [0.5, 0.6) is 0 Å². The van der Waals surface area contributed by atoms with Gasteiger partial charge in [-0.2, -0.15) is 0 Å². The highest BCUT2D eigenvalue weighted by atomic mass is 32.2. The molecular formula is C22H33NO7S. The van der Waals surface area contributed by atoms with E-state index in [0.717, 1.165) is 12.8 Å². The van der Waals surface area contributed by atoms with Crippen molar-refractivity contribution in [3.8, 4) is 0 Å². The Kier molecular flexibility index (Phi) is 4.84. The van der Waals surface area contributed by atoms with Gasteiger partial charge in [0.25, 0.3) is 0 Å². The lowest BCUT2D eigenvalue weighted by molar-refractivity contribution is -0.126. The molecule has 0 aromatic rings. The number of sulfone groups is 1. The van der Waals surface area contributed by atoms with E-state index in [1.807, 2.05) is 0 Å². The minimum atomic E-state index is -2.91. The van der Waals surface area contributed by atoms with Crippen molar-refractivity contribution < 1.29 is 32.2 Å². The number of amides is 1. The number of hydrogen-bond donors (Lipinski definition) is 0. The molecule has 9 heteroatoms. The van der Waals surface area contributed by atoms with Crippen LogP contribution >= 0.6 is 0 Å². The van der Waals surface area contributed by atoms with E-state index in [2.05, 4.69) is 26.8 Å². The molecule has 0 aromatic heterocycles. The van der Waals surface area contributed by atoms with Crippen molar-refractivity contribution in [1.82, 2.24) is 4.90 Å². The Labute approximate surface area is 184 Å². The van der Waals surface area contributed by atoms with Crippen LogP contribution in [0.4, 0.5) is 4.79 Å². The number of nitrogens with zero attached hydrogens (tertiary/aromatic N) is 1. The van der Waals surface area contributed by atoms with E-state index in [1.165, 1.54) is 5.57 Å². The van der Waals surface area contributed by atoms with Gasteiger partial charge in [-0.05, 0) is 40.0 Å². The first-order valence-corrected chi connectivity index (χ1v) is 13.0. The van der Waals surface area contributed by atoms with E-state index in [-0.39, 0.29) is 58.4 Å². The molecule has 0 bridgehead atoms. The van der Waals surface area contributed by atoms with Crippen LogP contribution < -0.4 is 0 Å². The molecule has 31 heavy (non-hydrogen) atoms. The van der Waals surface area contributed by atoms with E-state index >= 15 is 0 Å². The van der Waals surface area contributed by atoms with Crippen LogP contribution in [0.2, 0.25) is 0 Å². The van der Waals surface area contributed by atoms with Crippen molar-refractivity contribution in [2.45, 2.75) is 69.5 Å². The zero-order valence-electron chi connectivity index (χ0n) is 18.8. The highest BCUT2D eigenvalue weighted by Crippen LogP contribution is 2.59. The minimum Gasteiger partial charge on any atom is -0.443 e. The number of likely N-dealkylation sites (tertiary alicyclic amines) is 1. The molecule has 1 saturated carbocycles. The number of rotatable bonds is 5. The van der Waals surface area contributed by atoms with Crippen LogP contribution in [-0.4, -0.2) is 87.2 Å². The third-order valence-corrected chi connectivity index (χ3v) is 9.96. The third kappa shape index (κ3) is 3.61. The molecule has 4 aliphatic heterocycles. The third-order valence-electron chi connectivity index (χ3n) is 7.85. The molecule has 1 aliphatic carbocycles. The Morgan fingerprint density at radius 2 is 1.94 bits per heavy atom. The first kappa shape index (κ1) is 21.7. The summed E-state index contributed by atoms with van der Waals surface area (Å²) in [6.07, 6.45) is 3.59. The van der Waals surface area contributed by atoms with Gasteiger partial charge in [0, 0.05) is 25.6 Å². The van der Waals surface area contributed by atoms with E-state index in [0.29, 0.717) is 26.1 Å². The van der Waals surface area contributed by atoms with Gasteiger partial charge in [-0.1, -0.05) is 11.6 Å². The normalized spacial score (nSPS) is 43.7. The summed E-state index contributed by atoms with van der Waals surface area (Å²) in [5.74, 6) is 0.351. The maximum atomic E-state index is 12.8. The van der Waals surface area contributed by atoms with Crippen molar-refractivity contribution in [3.05, 3.63) is 11.6 Å². The predicted molar refractivity (Wildman–Crippen MR) is 112 cm³/mol. The van der Waals surface area contributed by atoms with Crippen LogP contribution in [0.3, 0.4) is 0 Å². The quantitative estimate of drug-likeness (QED) is 0.461. The van der Waals surface area contributed by atoms with Crippen molar-refractivity contribution in [2.75, 3.05) is 38.3 Å². The second-order valence-electron chi connectivity index (χ2n) is 10.7. The van der Waals surface area contributed by atoms with Gasteiger partial charge < -0.3 is 23.8 Å². The number of carbonyl (C=O) groups excluding carboxylic acids is 1. The monoisotopic (exact) mass is 455 g/mol. The first-order chi connectivity index (χ1) is 14.5. The molecule has 2 spiro atoms. The van der Waals surface area contributed by atoms with Gasteiger partial charge in [0.2, 0.25) is 0 Å². The fourth-order valence-electron chi connectivity index (χ4n) is 6.24. The first-order valence-electron chi connectivity index (χ1n) is 11.2. The Bertz CT molecular complexity index is 887. The van der Waals surface area contributed by atoms with Gasteiger partial charge in [0.15, 0.2) is 9.84 Å². The summed E-state index contributed by atoms with van der Waals surface area (Å²) >= 11 is 0. The minimum absolute atomic E-state index is 0.00776. The summed E-state index contributed by atoms with van der Waals surface area (Å²) in [4.78, 5) is 14.4. The molecule has 0 radical (unpaired) electrons. The summed E-state index contributed by atoms with van der Waals surface area (Å²) in [6, 6.07) is 0. The summed E-state index contributed by atoms with van der Waals surface area (Å²) in [5.41, 5.74) is 0.405. The molecule has 174 valence electrons. The molecule has 4 saturated heterocycles. The Morgan fingerprint density at radius 3 is 2.48 bits per heavy atom. The zero-order chi connectivity index (χ0) is 22.2. The summed E-state index contributed by atoms with van der Waals surface area (Å²) in [6.45, 7) is 7.89. The molecule has 5 fully saturated rings. The molecule has 6 atom stereocenters. The van der Waals surface area contributed by atoms with Crippen LogP contribution in [0.15, 0.2) is 11.6 Å². The molecular weight excluding hydrogens is 422 g/mol. The summed E-state index contributed by atoms with van der Waals surface area (Å²) in [7, 11) is -1.25. The van der Waals surface area contributed by atoms with E-state index in [9.17, 15) is 13.2 Å². The van der Waals surface area contributed by atoms with Gasteiger partial charge in [-0.3, -0.25) is 0 Å². The molecule has 0 N–H and O–H groups in total. The number of methoxy groups -OCH3 is 1. The maximum absolute atomic E-state index is 12.8. The second-order valence-corrected chi connectivity index (χ2v) is 12.8. The average Bonchev–Trinajstić information content (AvgIpc) is 3.54. The maximum Gasteiger partial charge on any atom is 0.410 e. The number of carbonyl (C=O) groups is 1. The average molecular weight is 456 g/mol. The van der Waals surface area contributed by atoms with Gasteiger partial charge in [0.05, 0.1) is 30.1 Å². The number of epoxide rings is 2. The smallest absolute Gasteiger partial charge is 0.410 e. The lowest BCUT2D eigenvalue weighted by atomic mass is 9.68. The van der Waals surface area contributed by atoms with Crippen LogP contribution in [0.25, 0.3) is 0 Å². The molecule has 5 aliphatic rings. The highest BCUT2D eigenvalue weighted by molar-refractivity contribution is 7.92. The van der Waals surface area contributed by atoms with Crippen molar-refractivity contribution >= 4 is 15.9 Å². The fourth-order valence-corrected chi connectivity index (χ4v) is 8.39. The van der Waals surface area contributed by atoms with Gasteiger partial charge in [-0.25, -0.2) is 13.2 Å². The number of allylic oxidation sites excluding steroid dienone is 1. The number of hydrogen-bond acceptors (Lipinski definition) is 7. The van der Waals surface area contributed by atoms with E-state index in [4.69, 9.17) is 18.9 Å². The predicted octanol–water partition coefficient (Wildman–Crippen LogP) is 1.93. The van der Waals surface area contributed by atoms with E-state index < -0.39 is 9.84 Å². The summed E-state index contributed by atoms with van der Waals surface area (Å²) < 4.78 is 47.0. The van der Waals surface area contributed by atoms with Crippen LogP contribution in [0.1, 0.15) is 40.0 Å². The largest absolute Gasteiger partial charge is 0.443 e. The van der Waals surface area contributed by atoms with Crippen LogP contribution in [0, 0.1) is 11.3 Å². The Balaban J connectivity index is 1.25. The van der Waals surface area contributed by atoms with Crippen molar-refractivity contribution in [1.29, 1.82) is 0 Å². The summed E-state index contributed by atoms with van der Waals surface area (Å²) in [5, 5.41) is 0. The van der Waals surface area contributed by atoms with Gasteiger partial charge >= 0.3 is 6.09 Å². The van der Waals surface area contributed by atoms with Crippen molar-refractivity contribution in [2.24, 2.45) is 11.3 Å². The van der Waals surface area contributed by atoms with E-state index in [1.54, 1.807) is 12.0 Å². The molecule has 8 nitrogen and oxygen atoms in total. The lowest BCUT2D eigenvalue weighted by Crippen LogP contribution is -2.69. The Morgan fingerprint density at radius 1 is 1.26 bits per heavy atom. The second kappa shape index (κ2) is 6.92. The lowest BCUT2D eigenvalue weighted by Gasteiger charge is -2.54. The highest BCUT2D eigenvalue weighted by Gasteiger charge is 2.72. The van der Waals surface area contributed by atoms with Crippen molar-refractivity contribution in [3.63, 3.8) is 0 Å². The number of ether oxygens (including phenoxy) is 4. The topological polar surface area (TPSA) is 98.0 Å². The Hall–Kier alpha value is -1.16. The molecule has 5 rings (SSSR count). The molecule has 4 heterocycles. The van der Waals surface area contributed by atoms with Crippen LogP contribution in [-0.2, 0) is 28.8 Å². The molecule has 0 aromatic carbocycles. The zero-order valence-corrected chi connectivity index (χ0v) is 19.6. The van der Waals surface area contributed by atoms with Gasteiger partial charge in [0.1, 0.15) is 23.4 Å².